The van der Waals surface area contributed by atoms with Crippen molar-refractivity contribution in [3.05, 3.63) is 22.2 Å². The Balaban J connectivity index is 2.39. The van der Waals surface area contributed by atoms with E-state index in [0.29, 0.717) is 29.9 Å². The molecule has 0 heterocycles. The number of phenols is 1. The van der Waals surface area contributed by atoms with Crippen LogP contribution in [0.5, 0.6) is 11.5 Å². The van der Waals surface area contributed by atoms with Gasteiger partial charge in [-0.3, -0.25) is 0 Å². The van der Waals surface area contributed by atoms with Crippen molar-refractivity contribution < 1.29 is 14.6 Å². The Morgan fingerprint density at radius 1 is 1.40 bits per heavy atom. The Morgan fingerprint density at radius 3 is 2.70 bits per heavy atom. The average molecular weight is 346 g/mol. The molecule has 7 heteroatoms. The Hall–Kier alpha value is -1.47. The Labute approximate surface area is 127 Å². The van der Waals surface area contributed by atoms with E-state index in [-0.39, 0.29) is 11.8 Å². The third kappa shape index (κ3) is 4.90. The van der Waals surface area contributed by atoms with Gasteiger partial charge in [0.2, 0.25) is 0 Å². The number of methoxy groups -OCH3 is 1. The first-order valence-electron chi connectivity index (χ1n) is 6.17. The van der Waals surface area contributed by atoms with E-state index in [2.05, 4.69) is 26.6 Å². The topological polar surface area (TPSA) is 73.8 Å². The molecule has 1 rings (SSSR count). The van der Waals surface area contributed by atoms with Gasteiger partial charge in [-0.1, -0.05) is 0 Å². The Bertz CT molecular complexity index is 466. The summed E-state index contributed by atoms with van der Waals surface area (Å²) in [5.41, 5.74) is 0.977. The zero-order valence-corrected chi connectivity index (χ0v) is 13.5. The van der Waals surface area contributed by atoms with Crippen LogP contribution in [0.3, 0.4) is 0 Å². The molecule has 1 aromatic rings. The molecule has 0 atom stereocenters. The molecule has 1 aromatic carbocycles. The quantitative estimate of drug-likeness (QED) is 0.683. The molecule has 0 aliphatic heterocycles. The molecule has 112 valence electrons. The van der Waals surface area contributed by atoms with E-state index in [1.165, 1.54) is 12.0 Å². The van der Waals surface area contributed by atoms with Crippen LogP contribution in [-0.4, -0.2) is 50.3 Å². The van der Waals surface area contributed by atoms with Crippen molar-refractivity contribution in [2.24, 2.45) is 0 Å². The van der Waals surface area contributed by atoms with E-state index in [9.17, 15) is 9.90 Å². The fraction of sp³-hybridized carbons (Fsp3) is 0.462. The van der Waals surface area contributed by atoms with Crippen molar-refractivity contribution in [1.29, 1.82) is 0 Å². The Kier molecular flexibility index (Phi) is 6.60. The number of aromatic hydroxyl groups is 1. The molecule has 0 radical (unpaired) electrons. The third-order valence-corrected chi connectivity index (χ3v) is 3.23. The van der Waals surface area contributed by atoms with Gasteiger partial charge in [-0.15, -0.1) is 0 Å². The Morgan fingerprint density at radius 2 is 2.10 bits per heavy atom. The molecule has 0 unspecified atom stereocenters. The number of phenolic OH excluding ortho intramolecular Hbond substituents is 1. The highest BCUT2D eigenvalue weighted by Gasteiger charge is 2.08. The van der Waals surface area contributed by atoms with Crippen LogP contribution < -0.4 is 15.4 Å². The summed E-state index contributed by atoms with van der Waals surface area (Å²) < 4.78 is 5.67. The highest BCUT2D eigenvalue weighted by molar-refractivity contribution is 9.10. The summed E-state index contributed by atoms with van der Waals surface area (Å²) in [6.45, 7) is 1.82. The summed E-state index contributed by atoms with van der Waals surface area (Å²) in [6.07, 6.45) is 0. The number of amides is 2. The monoisotopic (exact) mass is 345 g/mol. The maximum atomic E-state index is 11.3. The molecule has 20 heavy (non-hydrogen) atoms. The van der Waals surface area contributed by atoms with Gasteiger partial charge in [-0.05, 0) is 33.6 Å². The summed E-state index contributed by atoms with van der Waals surface area (Å²) in [4.78, 5) is 12.8. The predicted molar refractivity (Wildman–Crippen MR) is 81.2 cm³/mol. The zero-order chi connectivity index (χ0) is 15.1. The number of benzene rings is 1. The lowest BCUT2D eigenvalue weighted by molar-refractivity contribution is 0.217. The van der Waals surface area contributed by atoms with Gasteiger partial charge in [-0.2, -0.15) is 0 Å². The highest BCUT2D eigenvalue weighted by atomic mass is 79.9. The minimum absolute atomic E-state index is 0.0921. The van der Waals surface area contributed by atoms with Crippen molar-refractivity contribution in [2.45, 2.75) is 6.54 Å². The summed E-state index contributed by atoms with van der Waals surface area (Å²) in [7, 11) is 4.90. The van der Waals surface area contributed by atoms with Gasteiger partial charge in [0.05, 0.1) is 11.6 Å². The van der Waals surface area contributed by atoms with E-state index >= 15 is 0 Å². The number of rotatable bonds is 6. The number of hydrogen-bond acceptors (Lipinski definition) is 4. The van der Waals surface area contributed by atoms with Crippen LogP contribution in [0.1, 0.15) is 5.56 Å². The van der Waals surface area contributed by atoms with Gasteiger partial charge in [-0.25, -0.2) is 4.79 Å². The molecule has 0 spiro atoms. The first-order valence-corrected chi connectivity index (χ1v) is 6.96. The highest BCUT2D eigenvalue weighted by Crippen LogP contribution is 2.35. The van der Waals surface area contributed by atoms with Gasteiger partial charge in [0, 0.05) is 33.7 Å². The zero-order valence-electron chi connectivity index (χ0n) is 11.9. The summed E-state index contributed by atoms with van der Waals surface area (Å²) in [6, 6.07) is 3.48. The van der Waals surface area contributed by atoms with Gasteiger partial charge < -0.3 is 25.4 Å². The lowest BCUT2D eigenvalue weighted by Crippen LogP contribution is -2.38. The van der Waals surface area contributed by atoms with Gasteiger partial charge >= 0.3 is 6.03 Å². The standard InChI is InChI=1S/C13H20BrN3O3/c1-17(2)13(19)16-5-4-15-8-9-6-10(14)12(18)11(7-9)20-3/h6-7,15,18H,4-5,8H2,1-3H3,(H,16,19). The van der Waals surface area contributed by atoms with Crippen LogP contribution >= 0.6 is 15.9 Å². The van der Waals surface area contributed by atoms with Crippen LogP contribution in [0.4, 0.5) is 4.79 Å². The van der Waals surface area contributed by atoms with Crippen LogP contribution in [0.2, 0.25) is 0 Å². The third-order valence-electron chi connectivity index (χ3n) is 2.62. The van der Waals surface area contributed by atoms with E-state index in [1.54, 1.807) is 20.2 Å². The number of nitrogens with zero attached hydrogens (tertiary/aromatic N) is 1. The molecule has 0 bridgehead atoms. The minimum Gasteiger partial charge on any atom is -0.503 e. The second kappa shape index (κ2) is 7.96. The molecule has 0 saturated carbocycles. The number of carbonyl (C=O) groups excluding carboxylic acids is 1. The van der Waals surface area contributed by atoms with Crippen LogP contribution in [0, 0.1) is 0 Å². The molecule has 0 saturated heterocycles. The first-order chi connectivity index (χ1) is 9.45. The number of ether oxygens (including phenoxy) is 1. The molecule has 0 aliphatic rings. The van der Waals surface area contributed by atoms with E-state index < -0.39 is 0 Å². The molecule has 0 aromatic heterocycles. The lowest BCUT2D eigenvalue weighted by Gasteiger charge is -2.13. The van der Waals surface area contributed by atoms with Crippen LogP contribution in [0.25, 0.3) is 0 Å². The SMILES string of the molecule is COc1cc(CNCCNC(=O)N(C)C)cc(Br)c1O. The number of nitrogens with one attached hydrogen (secondary N) is 2. The number of carbonyl (C=O) groups is 1. The van der Waals surface area contributed by atoms with Crippen molar-refractivity contribution >= 4 is 22.0 Å². The van der Waals surface area contributed by atoms with Gasteiger partial charge in [0.15, 0.2) is 11.5 Å². The fourth-order valence-corrected chi connectivity index (χ4v) is 2.02. The molecule has 2 amide bonds. The number of urea groups is 1. The minimum atomic E-state index is -0.110. The van der Waals surface area contributed by atoms with Crippen LogP contribution in [0.15, 0.2) is 16.6 Å². The molecule has 3 N–H and O–H groups in total. The lowest BCUT2D eigenvalue weighted by atomic mass is 10.2. The van der Waals surface area contributed by atoms with Crippen LogP contribution in [-0.2, 0) is 6.54 Å². The summed E-state index contributed by atoms with van der Waals surface area (Å²) in [5.74, 6) is 0.520. The molecule has 6 nitrogen and oxygen atoms in total. The van der Waals surface area contributed by atoms with Crippen molar-refractivity contribution in [3.8, 4) is 11.5 Å². The van der Waals surface area contributed by atoms with E-state index in [0.717, 1.165) is 5.56 Å². The molecule has 0 fully saturated rings. The van der Waals surface area contributed by atoms with E-state index in [1.807, 2.05) is 6.07 Å². The normalized spacial score (nSPS) is 10.2. The van der Waals surface area contributed by atoms with Crippen molar-refractivity contribution in [1.82, 2.24) is 15.5 Å². The van der Waals surface area contributed by atoms with Gasteiger partial charge in [0.1, 0.15) is 0 Å². The smallest absolute Gasteiger partial charge is 0.316 e. The number of hydrogen-bond donors (Lipinski definition) is 3. The largest absolute Gasteiger partial charge is 0.503 e. The second-order valence-corrected chi connectivity index (χ2v) is 5.29. The first kappa shape index (κ1) is 16.6. The summed E-state index contributed by atoms with van der Waals surface area (Å²) >= 11 is 3.28. The maximum Gasteiger partial charge on any atom is 0.316 e. The maximum absolute atomic E-state index is 11.3. The van der Waals surface area contributed by atoms with Crippen molar-refractivity contribution in [3.63, 3.8) is 0 Å². The van der Waals surface area contributed by atoms with Crippen molar-refractivity contribution in [2.75, 3.05) is 34.3 Å². The molecular weight excluding hydrogens is 326 g/mol. The second-order valence-electron chi connectivity index (χ2n) is 4.43. The molecular formula is C13H20BrN3O3. The molecule has 0 aliphatic carbocycles. The predicted octanol–water partition coefficient (Wildman–Crippen LogP) is 1.52. The van der Waals surface area contributed by atoms with E-state index in [4.69, 9.17) is 4.74 Å². The number of halogens is 1. The average Bonchev–Trinajstić information content (AvgIpc) is 2.41. The fourth-order valence-electron chi connectivity index (χ4n) is 1.53. The van der Waals surface area contributed by atoms with Gasteiger partial charge in [0.25, 0.3) is 0 Å². The summed E-state index contributed by atoms with van der Waals surface area (Å²) in [5, 5.41) is 15.7.